The van der Waals surface area contributed by atoms with Gasteiger partial charge in [0.15, 0.2) is 0 Å². The number of cyclic esters (lactones) is 1. The van der Waals surface area contributed by atoms with E-state index in [1.807, 2.05) is 0 Å². The molecule has 1 heterocycles. The van der Waals surface area contributed by atoms with E-state index in [2.05, 4.69) is 13.8 Å². The molecule has 2 atom stereocenters. The third kappa shape index (κ3) is 3.37. The second-order valence-corrected chi connectivity index (χ2v) is 4.04. The molecule has 2 nitrogen and oxygen atoms in total. The Kier molecular flexibility index (Phi) is 4.26. The summed E-state index contributed by atoms with van der Waals surface area (Å²) in [5, 5.41) is 0. The fourth-order valence-corrected chi connectivity index (χ4v) is 1.85. The van der Waals surface area contributed by atoms with E-state index in [-0.39, 0.29) is 12.1 Å². The largest absolute Gasteiger partial charge is 0.462 e. The van der Waals surface area contributed by atoms with E-state index in [0.29, 0.717) is 12.3 Å². The van der Waals surface area contributed by atoms with E-state index in [4.69, 9.17) is 4.74 Å². The number of carbonyl (C=O) groups is 1. The fraction of sp³-hybridized carbons (Fsp3) is 0.909. The molecule has 0 radical (unpaired) electrons. The van der Waals surface area contributed by atoms with Gasteiger partial charge in [-0.1, -0.05) is 33.1 Å². The Balaban J connectivity index is 2.15. The van der Waals surface area contributed by atoms with Crippen molar-refractivity contribution in [2.75, 3.05) is 0 Å². The van der Waals surface area contributed by atoms with Crippen molar-refractivity contribution in [3.05, 3.63) is 0 Å². The first-order valence-electron chi connectivity index (χ1n) is 5.43. The van der Waals surface area contributed by atoms with Gasteiger partial charge in [0.05, 0.1) is 0 Å². The maximum absolute atomic E-state index is 10.9. The molecule has 1 aliphatic heterocycles. The van der Waals surface area contributed by atoms with Gasteiger partial charge < -0.3 is 4.74 Å². The minimum Gasteiger partial charge on any atom is -0.462 e. The van der Waals surface area contributed by atoms with E-state index >= 15 is 0 Å². The van der Waals surface area contributed by atoms with Gasteiger partial charge in [0, 0.05) is 6.42 Å². The molecule has 0 aliphatic carbocycles. The van der Waals surface area contributed by atoms with Gasteiger partial charge in [-0.15, -0.1) is 0 Å². The number of esters is 1. The number of hydrogen-bond donors (Lipinski definition) is 0. The average molecular weight is 184 g/mol. The van der Waals surface area contributed by atoms with E-state index < -0.39 is 0 Å². The standard InChI is InChI=1S/C11H20O2/c1-3-4-5-6-9(2)10-7-8-11(12)13-10/h9-10H,3-8H2,1-2H3. The van der Waals surface area contributed by atoms with Gasteiger partial charge in [-0.3, -0.25) is 4.79 Å². The van der Waals surface area contributed by atoms with E-state index in [0.717, 1.165) is 6.42 Å². The van der Waals surface area contributed by atoms with Crippen molar-refractivity contribution in [1.82, 2.24) is 0 Å². The van der Waals surface area contributed by atoms with Crippen molar-refractivity contribution in [2.24, 2.45) is 5.92 Å². The number of ether oxygens (including phenoxy) is 1. The van der Waals surface area contributed by atoms with Gasteiger partial charge in [-0.05, 0) is 18.8 Å². The quantitative estimate of drug-likeness (QED) is 0.485. The van der Waals surface area contributed by atoms with Gasteiger partial charge >= 0.3 is 5.97 Å². The summed E-state index contributed by atoms with van der Waals surface area (Å²) < 4.78 is 5.21. The van der Waals surface area contributed by atoms with Crippen LogP contribution in [0.2, 0.25) is 0 Å². The lowest BCUT2D eigenvalue weighted by atomic mass is 9.96. The summed E-state index contributed by atoms with van der Waals surface area (Å²) in [4.78, 5) is 10.9. The summed E-state index contributed by atoms with van der Waals surface area (Å²) in [7, 11) is 0. The molecule has 1 rings (SSSR count). The summed E-state index contributed by atoms with van der Waals surface area (Å²) in [6, 6.07) is 0. The van der Waals surface area contributed by atoms with Gasteiger partial charge in [0.25, 0.3) is 0 Å². The molecule has 0 N–H and O–H groups in total. The minimum absolute atomic E-state index is 0.00709. The number of carbonyl (C=O) groups excluding carboxylic acids is 1. The van der Waals surface area contributed by atoms with Crippen LogP contribution in [0.25, 0.3) is 0 Å². The van der Waals surface area contributed by atoms with E-state index in [1.54, 1.807) is 0 Å². The summed E-state index contributed by atoms with van der Waals surface area (Å²) in [6.07, 6.45) is 6.80. The van der Waals surface area contributed by atoms with Crippen LogP contribution >= 0.6 is 0 Å². The highest BCUT2D eigenvalue weighted by atomic mass is 16.5. The highest BCUT2D eigenvalue weighted by molar-refractivity contribution is 5.71. The smallest absolute Gasteiger partial charge is 0.306 e. The molecule has 0 aromatic heterocycles. The fourth-order valence-electron chi connectivity index (χ4n) is 1.85. The third-order valence-corrected chi connectivity index (χ3v) is 2.81. The molecule has 13 heavy (non-hydrogen) atoms. The first-order valence-corrected chi connectivity index (χ1v) is 5.43. The first kappa shape index (κ1) is 10.6. The van der Waals surface area contributed by atoms with Crippen LogP contribution in [0, 0.1) is 5.92 Å². The third-order valence-electron chi connectivity index (χ3n) is 2.81. The summed E-state index contributed by atoms with van der Waals surface area (Å²) in [6.45, 7) is 4.40. The molecule has 1 saturated heterocycles. The van der Waals surface area contributed by atoms with Crippen molar-refractivity contribution in [2.45, 2.75) is 58.5 Å². The van der Waals surface area contributed by atoms with Crippen molar-refractivity contribution in [3.63, 3.8) is 0 Å². The van der Waals surface area contributed by atoms with Crippen LogP contribution in [-0.4, -0.2) is 12.1 Å². The van der Waals surface area contributed by atoms with Gasteiger partial charge in [0.2, 0.25) is 0 Å². The molecule has 2 heteroatoms. The molecule has 0 saturated carbocycles. The zero-order valence-corrected chi connectivity index (χ0v) is 8.71. The molecule has 0 spiro atoms. The molecule has 2 unspecified atom stereocenters. The molecule has 1 aliphatic rings. The Labute approximate surface area is 80.7 Å². The van der Waals surface area contributed by atoms with Gasteiger partial charge in [0.1, 0.15) is 6.10 Å². The predicted octanol–water partition coefficient (Wildman–Crippen LogP) is 2.91. The van der Waals surface area contributed by atoms with Crippen LogP contribution < -0.4 is 0 Å². The summed E-state index contributed by atoms with van der Waals surface area (Å²) in [5.41, 5.74) is 0. The van der Waals surface area contributed by atoms with Crippen LogP contribution in [0.15, 0.2) is 0 Å². The second kappa shape index (κ2) is 5.25. The maximum atomic E-state index is 10.9. The number of unbranched alkanes of at least 4 members (excludes halogenated alkanes) is 2. The predicted molar refractivity (Wildman–Crippen MR) is 52.4 cm³/mol. The number of hydrogen-bond acceptors (Lipinski definition) is 2. The van der Waals surface area contributed by atoms with Gasteiger partial charge in [-0.2, -0.15) is 0 Å². The van der Waals surface area contributed by atoms with Crippen molar-refractivity contribution >= 4 is 5.97 Å². The lowest BCUT2D eigenvalue weighted by molar-refractivity contribution is -0.143. The highest BCUT2D eigenvalue weighted by Gasteiger charge is 2.27. The zero-order valence-electron chi connectivity index (χ0n) is 8.71. The lowest BCUT2D eigenvalue weighted by Gasteiger charge is -2.17. The first-order chi connectivity index (χ1) is 6.24. The van der Waals surface area contributed by atoms with Gasteiger partial charge in [-0.25, -0.2) is 0 Å². The maximum Gasteiger partial charge on any atom is 0.306 e. The van der Waals surface area contributed by atoms with Crippen LogP contribution in [0.1, 0.15) is 52.4 Å². The summed E-state index contributed by atoms with van der Waals surface area (Å²) >= 11 is 0. The van der Waals surface area contributed by atoms with E-state index in [9.17, 15) is 4.79 Å². The van der Waals surface area contributed by atoms with Crippen molar-refractivity contribution in [3.8, 4) is 0 Å². The monoisotopic (exact) mass is 184 g/mol. The topological polar surface area (TPSA) is 26.3 Å². The normalized spacial score (nSPS) is 24.5. The lowest BCUT2D eigenvalue weighted by Crippen LogP contribution is -2.17. The molecular formula is C11H20O2. The Morgan fingerprint density at radius 1 is 1.54 bits per heavy atom. The second-order valence-electron chi connectivity index (χ2n) is 4.04. The van der Waals surface area contributed by atoms with Crippen LogP contribution in [0.5, 0.6) is 0 Å². The van der Waals surface area contributed by atoms with Crippen LogP contribution in [-0.2, 0) is 9.53 Å². The Morgan fingerprint density at radius 3 is 2.85 bits per heavy atom. The van der Waals surface area contributed by atoms with Crippen LogP contribution in [0.3, 0.4) is 0 Å². The highest BCUT2D eigenvalue weighted by Crippen LogP contribution is 2.24. The van der Waals surface area contributed by atoms with Crippen molar-refractivity contribution in [1.29, 1.82) is 0 Å². The molecular weight excluding hydrogens is 164 g/mol. The Bertz CT molecular complexity index is 165. The Morgan fingerprint density at radius 2 is 2.31 bits per heavy atom. The molecule has 0 aromatic rings. The average Bonchev–Trinajstić information content (AvgIpc) is 2.52. The SMILES string of the molecule is CCCCCC(C)C1CCC(=O)O1. The number of rotatable bonds is 5. The van der Waals surface area contributed by atoms with E-state index in [1.165, 1.54) is 25.7 Å². The zero-order chi connectivity index (χ0) is 9.68. The van der Waals surface area contributed by atoms with Crippen molar-refractivity contribution < 1.29 is 9.53 Å². The molecule has 0 amide bonds. The molecule has 76 valence electrons. The molecule has 0 aromatic carbocycles. The molecule has 1 fully saturated rings. The Hall–Kier alpha value is -0.530. The van der Waals surface area contributed by atoms with Crippen LogP contribution in [0.4, 0.5) is 0 Å². The molecule has 0 bridgehead atoms. The summed E-state index contributed by atoms with van der Waals surface area (Å²) in [5.74, 6) is 0.547. The minimum atomic E-state index is -0.00709.